The molecule has 0 atom stereocenters. The molecule has 0 saturated heterocycles. The number of aryl methyl sites for hydroxylation is 2. The highest BCUT2D eigenvalue weighted by molar-refractivity contribution is 9.10. The van der Waals surface area contributed by atoms with Crippen LogP contribution in [0.3, 0.4) is 0 Å². The fourth-order valence-corrected chi connectivity index (χ4v) is 3.40. The van der Waals surface area contributed by atoms with Gasteiger partial charge in [0, 0.05) is 28.0 Å². The van der Waals surface area contributed by atoms with E-state index in [0.29, 0.717) is 11.5 Å². The molecule has 6 heteroatoms. The van der Waals surface area contributed by atoms with Crippen molar-refractivity contribution in [2.45, 2.75) is 6.92 Å². The summed E-state index contributed by atoms with van der Waals surface area (Å²) in [6.45, 7) is 1.94. The highest BCUT2D eigenvalue weighted by atomic mass is 79.9. The number of rotatable bonds is 3. The minimum atomic E-state index is -0.192. The Balaban J connectivity index is 1.71. The molecule has 26 heavy (non-hydrogen) atoms. The second-order valence-corrected chi connectivity index (χ2v) is 7.08. The SMILES string of the molecule is Cc1nn(C)c(NC(=O)c2cc3ccccc3[nH]2)c1-c1ccc(Br)cc1. The fourth-order valence-electron chi connectivity index (χ4n) is 3.13. The van der Waals surface area contributed by atoms with E-state index in [1.54, 1.807) is 4.68 Å². The minimum Gasteiger partial charge on any atom is -0.351 e. The van der Waals surface area contributed by atoms with E-state index in [-0.39, 0.29) is 5.91 Å². The molecule has 1 amide bonds. The fraction of sp³-hybridized carbons (Fsp3) is 0.100. The van der Waals surface area contributed by atoms with Gasteiger partial charge in [-0.25, -0.2) is 0 Å². The number of nitrogens with zero attached hydrogens (tertiary/aromatic N) is 2. The number of halogens is 1. The number of para-hydroxylation sites is 1. The third-order valence-corrected chi connectivity index (χ3v) is 4.89. The van der Waals surface area contributed by atoms with Crippen molar-refractivity contribution < 1.29 is 4.79 Å². The molecule has 0 fully saturated rings. The van der Waals surface area contributed by atoms with Crippen LogP contribution < -0.4 is 5.32 Å². The zero-order valence-electron chi connectivity index (χ0n) is 14.4. The molecule has 0 aliphatic heterocycles. The van der Waals surface area contributed by atoms with E-state index in [1.807, 2.05) is 68.6 Å². The lowest BCUT2D eigenvalue weighted by atomic mass is 10.1. The van der Waals surface area contributed by atoms with Gasteiger partial charge in [-0.05, 0) is 36.8 Å². The Morgan fingerprint density at radius 1 is 1.15 bits per heavy atom. The van der Waals surface area contributed by atoms with Gasteiger partial charge in [0.25, 0.3) is 5.91 Å². The van der Waals surface area contributed by atoms with Crippen LogP contribution in [0, 0.1) is 6.92 Å². The Morgan fingerprint density at radius 2 is 1.88 bits per heavy atom. The number of hydrogen-bond donors (Lipinski definition) is 2. The molecule has 4 aromatic rings. The van der Waals surface area contributed by atoms with Gasteiger partial charge in [-0.2, -0.15) is 5.10 Å². The molecule has 2 aromatic heterocycles. The molecule has 0 spiro atoms. The maximum atomic E-state index is 12.8. The number of H-pyrrole nitrogens is 1. The van der Waals surface area contributed by atoms with E-state index in [4.69, 9.17) is 0 Å². The summed E-state index contributed by atoms with van der Waals surface area (Å²) in [4.78, 5) is 16.0. The number of fused-ring (bicyclic) bond motifs is 1. The Hall–Kier alpha value is -2.86. The largest absolute Gasteiger partial charge is 0.351 e. The number of hydrogen-bond acceptors (Lipinski definition) is 2. The summed E-state index contributed by atoms with van der Waals surface area (Å²) in [7, 11) is 1.83. The number of carbonyl (C=O) groups excluding carboxylic acids is 1. The Labute approximate surface area is 159 Å². The van der Waals surface area contributed by atoms with Crippen LogP contribution in [-0.4, -0.2) is 20.7 Å². The number of aromatic amines is 1. The standard InChI is InChI=1S/C20H17BrN4O/c1-12-18(13-7-9-15(21)10-8-13)19(25(2)24-12)23-20(26)17-11-14-5-3-4-6-16(14)22-17/h3-11,22H,1-2H3,(H,23,26). The van der Waals surface area contributed by atoms with E-state index < -0.39 is 0 Å². The molecule has 0 radical (unpaired) electrons. The Kier molecular flexibility index (Phi) is 4.12. The zero-order valence-corrected chi connectivity index (χ0v) is 16.0. The maximum Gasteiger partial charge on any atom is 0.273 e. The zero-order chi connectivity index (χ0) is 18.3. The number of aromatic nitrogens is 3. The number of benzene rings is 2. The number of carbonyl (C=O) groups is 1. The van der Waals surface area contributed by atoms with Crippen LogP contribution >= 0.6 is 15.9 Å². The van der Waals surface area contributed by atoms with Gasteiger partial charge >= 0.3 is 0 Å². The third kappa shape index (κ3) is 2.93. The van der Waals surface area contributed by atoms with Crippen molar-refractivity contribution in [3.8, 4) is 11.1 Å². The predicted octanol–water partition coefficient (Wildman–Crippen LogP) is 4.89. The van der Waals surface area contributed by atoms with Gasteiger partial charge in [0.1, 0.15) is 11.5 Å². The molecular formula is C20H17BrN4O. The molecule has 0 bridgehead atoms. The van der Waals surface area contributed by atoms with Crippen molar-refractivity contribution in [2.24, 2.45) is 7.05 Å². The van der Waals surface area contributed by atoms with Gasteiger partial charge < -0.3 is 10.3 Å². The van der Waals surface area contributed by atoms with E-state index >= 15 is 0 Å². The van der Waals surface area contributed by atoms with Gasteiger partial charge in [0.15, 0.2) is 0 Å². The lowest BCUT2D eigenvalue weighted by Crippen LogP contribution is -2.15. The second kappa shape index (κ2) is 6.46. The minimum absolute atomic E-state index is 0.192. The molecule has 0 aliphatic rings. The monoisotopic (exact) mass is 408 g/mol. The summed E-state index contributed by atoms with van der Waals surface area (Å²) in [6.07, 6.45) is 0. The highest BCUT2D eigenvalue weighted by Crippen LogP contribution is 2.32. The second-order valence-electron chi connectivity index (χ2n) is 6.16. The first-order valence-electron chi connectivity index (χ1n) is 8.21. The van der Waals surface area contributed by atoms with Crippen molar-refractivity contribution in [3.63, 3.8) is 0 Å². The molecule has 2 heterocycles. The maximum absolute atomic E-state index is 12.8. The van der Waals surface area contributed by atoms with Crippen LogP contribution in [0.4, 0.5) is 5.82 Å². The van der Waals surface area contributed by atoms with Gasteiger partial charge in [0.2, 0.25) is 0 Å². The lowest BCUT2D eigenvalue weighted by Gasteiger charge is -2.08. The highest BCUT2D eigenvalue weighted by Gasteiger charge is 2.19. The van der Waals surface area contributed by atoms with Gasteiger partial charge in [-0.3, -0.25) is 9.48 Å². The number of anilines is 1. The Bertz CT molecular complexity index is 1080. The summed E-state index contributed by atoms with van der Waals surface area (Å²) in [5.41, 5.74) is 4.25. The lowest BCUT2D eigenvalue weighted by molar-refractivity contribution is 0.102. The molecule has 5 nitrogen and oxygen atoms in total. The molecule has 4 rings (SSSR count). The van der Waals surface area contributed by atoms with Gasteiger partial charge in [0.05, 0.1) is 5.69 Å². The number of nitrogens with one attached hydrogen (secondary N) is 2. The van der Waals surface area contributed by atoms with Crippen molar-refractivity contribution in [3.05, 3.63) is 70.5 Å². The van der Waals surface area contributed by atoms with Crippen molar-refractivity contribution in [1.82, 2.24) is 14.8 Å². The van der Waals surface area contributed by atoms with E-state index in [2.05, 4.69) is 31.3 Å². The van der Waals surface area contributed by atoms with Crippen LogP contribution in [0.2, 0.25) is 0 Å². The van der Waals surface area contributed by atoms with Crippen molar-refractivity contribution in [2.75, 3.05) is 5.32 Å². The first-order chi connectivity index (χ1) is 12.5. The molecular weight excluding hydrogens is 392 g/mol. The van der Waals surface area contributed by atoms with Gasteiger partial charge in [-0.1, -0.05) is 46.3 Å². The van der Waals surface area contributed by atoms with Crippen molar-refractivity contribution in [1.29, 1.82) is 0 Å². The summed E-state index contributed by atoms with van der Waals surface area (Å²) < 4.78 is 2.71. The average Bonchev–Trinajstić information content (AvgIpc) is 3.17. The molecule has 0 unspecified atom stereocenters. The van der Waals surface area contributed by atoms with E-state index in [0.717, 1.165) is 32.2 Å². The molecule has 0 saturated carbocycles. The molecule has 2 aromatic carbocycles. The van der Waals surface area contributed by atoms with Crippen LogP contribution in [-0.2, 0) is 7.05 Å². The topological polar surface area (TPSA) is 62.7 Å². The average molecular weight is 409 g/mol. The summed E-state index contributed by atoms with van der Waals surface area (Å²) in [5, 5.41) is 8.49. The summed E-state index contributed by atoms with van der Waals surface area (Å²) in [6, 6.07) is 17.6. The normalized spacial score (nSPS) is 11.0. The molecule has 130 valence electrons. The first-order valence-corrected chi connectivity index (χ1v) is 9.01. The summed E-state index contributed by atoms with van der Waals surface area (Å²) in [5.74, 6) is 0.482. The predicted molar refractivity (Wildman–Crippen MR) is 107 cm³/mol. The quantitative estimate of drug-likeness (QED) is 0.506. The summed E-state index contributed by atoms with van der Waals surface area (Å²) >= 11 is 3.45. The van der Waals surface area contributed by atoms with Crippen molar-refractivity contribution >= 4 is 38.6 Å². The van der Waals surface area contributed by atoms with Crippen LogP contribution in [0.15, 0.2) is 59.1 Å². The first kappa shape index (κ1) is 16.6. The van der Waals surface area contributed by atoms with Crippen LogP contribution in [0.1, 0.15) is 16.2 Å². The van der Waals surface area contributed by atoms with E-state index in [1.165, 1.54) is 0 Å². The van der Waals surface area contributed by atoms with Gasteiger partial charge in [-0.15, -0.1) is 0 Å². The third-order valence-electron chi connectivity index (χ3n) is 4.36. The number of amides is 1. The smallest absolute Gasteiger partial charge is 0.273 e. The van der Waals surface area contributed by atoms with Crippen LogP contribution in [0.5, 0.6) is 0 Å². The Morgan fingerprint density at radius 3 is 2.62 bits per heavy atom. The molecule has 0 aliphatic carbocycles. The van der Waals surface area contributed by atoms with E-state index in [9.17, 15) is 4.79 Å². The molecule has 2 N–H and O–H groups in total. The van der Waals surface area contributed by atoms with Crippen LogP contribution in [0.25, 0.3) is 22.0 Å².